The molecule has 0 saturated carbocycles. The zero-order valence-electron chi connectivity index (χ0n) is 8.65. The maximum absolute atomic E-state index is 12.0. The smallest absolute Gasteiger partial charge is 0.256 e. The van der Waals surface area contributed by atoms with E-state index in [2.05, 4.69) is 48.8 Å². The first-order chi connectivity index (χ1) is 8.16. The molecule has 0 aliphatic carbocycles. The number of rotatable bonds is 2. The summed E-state index contributed by atoms with van der Waals surface area (Å²) in [4.78, 5) is 16.0. The number of amides is 1. The Morgan fingerprint density at radius 1 is 1.35 bits per heavy atom. The SMILES string of the molecule is O=C(Nc1cccnc1)c1cc(I)ccc1Br. The Morgan fingerprint density at radius 3 is 2.88 bits per heavy atom. The van der Waals surface area contributed by atoms with E-state index in [4.69, 9.17) is 0 Å². The number of anilines is 1. The zero-order chi connectivity index (χ0) is 12.3. The molecule has 0 aliphatic heterocycles. The van der Waals surface area contributed by atoms with E-state index in [1.165, 1.54) is 0 Å². The molecule has 17 heavy (non-hydrogen) atoms. The van der Waals surface area contributed by atoms with Crippen molar-refractivity contribution in [2.24, 2.45) is 0 Å². The van der Waals surface area contributed by atoms with Crippen LogP contribution in [0.2, 0.25) is 0 Å². The van der Waals surface area contributed by atoms with E-state index >= 15 is 0 Å². The Kier molecular flexibility index (Phi) is 4.11. The van der Waals surface area contributed by atoms with Gasteiger partial charge in [0.15, 0.2) is 0 Å². The second-order valence-electron chi connectivity index (χ2n) is 3.32. The average Bonchev–Trinajstić information content (AvgIpc) is 2.33. The van der Waals surface area contributed by atoms with E-state index in [9.17, 15) is 4.79 Å². The summed E-state index contributed by atoms with van der Waals surface area (Å²) in [5, 5.41) is 2.79. The van der Waals surface area contributed by atoms with Crippen molar-refractivity contribution in [3.63, 3.8) is 0 Å². The van der Waals surface area contributed by atoms with E-state index in [-0.39, 0.29) is 5.91 Å². The highest BCUT2D eigenvalue weighted by atomic mass is 127. The summed E-state index contributed by atoms with van der Waals surface area (Å²) < 4.78 is 1.79. The molecule has 1 aromatic heterocycles. The summed E-state index contributed by atoms with van der Waals surface area (Å²) in [5.74, 6) is -0.150. The highest BCUT2D eigenvalue weighted by Gasteiger charge is 2.10. The quantitative estimate of drug-likeness (QED) is 0.778. The van der Waals surface area contributed by atoms with E-state index in [1.54, 1.807) is 24.5 Å². The number of nitrogens with one attached hydrogen (secondary N) is 1. The molecule has 0 spiro atoms. The Hall–Kier alpha value is -0.950. The van der Waals surface area contributed by atoms with Crippen molar-refractivity contribution < 1.29 is 4.79 Å². The van der Waals surface area contributed by atoms with E-state index < -0.39 is 0 Å². The van der Waals surface area contributed by atoms with Gasteiger partial charge in [0, 0.05) is 14.2 Å². The molecule has 3 nitrogen and oxygen atoms in total. The maximum Gasteiger partial charge on any atom is 0.256 e. The van der Waals surface area contributed by atoms with Crippen molar-refractivity contribution in [2.75, 3.05) is 5.32 Å². The van der Waals surface area contributed by atoms with Crippen LogP contribution in [0.1, 0.15) is 10.4 Å². The molecule has 0 saturated heterocycles. The molecule has 0 radical (unpaired) electrons. The Balaban J connectivity index is 2.23. The summed E-state index contributed by atoms with van der Waals surface area (Å²) in [6.07, 6.45) is 3.27. The normalized spacial score (nSPS) is 10.0. The van der Waals surface area contributed by atoms with E-state index in [0.29, 0.717) is 11.3 Å². The number of carbonyl (C=O) groups excluding carboxylic acids is 1. The lowest BCUT2D eigenvalue weighted by atomic mass is 10.2. The minimum Gasteiger partial charge on any atom is -0.321 e. The van der Waals surface area contributed by atoms with Gasteiger partial charge in [0.1, 0.15) is 0 Å². The summed E-state index contributed by atoms with van der Waals surface area (Å²) in [6.45, 7) is 0. The van der Waals surface area contributed by atoms with Crippen molar-refractivity contribution >= 4 is 50.1 Å². The first kappa shape index (κ1) is 12.5. The second kappa shape index (κ2) is 5.59. The molecule has 1 N–H and O–H groups in total. The molecule has 0 fully saturated rings. The molecule has 0 unspecified atom stereocenters. The molecular formula is C12H8BrIN2O. The Morgan fingerprint density at radius 2 is 2.18 bits per heavy atom. The van der Waals surface area contributed by atoms with Crippen molar-refractivity contribution in [1.29, 1.82) is 0 Å². The van der Waals surface area contributed by atoms with Gasteiger partial charge in [-0.2, -0.15) is 0 Å². The van der Waals surface area contributed by atoms with Crippen LogP contribution in [0.4, 0.5) is 5.69 Å². The van der Waals surface area contributed by atoms with Crippen LogP contribution in [0.3, 0.4) is 0 Å². The molecule has 86 valence electrons. The van der Waals surface area contributed by atoms with Crippen LogP contribution >= 0.6 is 38.5 Å². The number of hydrogen-bond donors (Lipinski definition) is 1. The highest BCUT2D eigenvalue weighted by Crippen LogP contribution is 2.20. The largest absolute Gasteiger partial charge is 0.321 e. The lowest BCUT2D eigenvalue weighted by Gasteiger charge is -2.06. The minimum absolute atomic E-state index is 0.150. The molecular weight excluding hydrogens is 395 g/mol. The van der Waals surface area contributed by atoms with Gasteiger partial charge in [-0.15, -0.1) is 0 Å². The fraction of sp³-hybridized carbons (Fsp3) is 0. The molecule has 5 heteroatoms. The summed E-state index contributed by atoms with van der Waals surface area (Å²) in [6, 6.07) is 9.20. The van der Waals surface area contributed by atoms with Gasteiger partial charge in [-0.25, -0.2) is 0 Å². The number of hydrogen-bond acceptors (Lipinski definition) is 2. The standard InChI is InChI=1S/C12H8BrIN2O/c13-11-4-3-8(14)6-10(11)12(17)16-9-2-1-5-15-7-9/h1-7H,(H,16,17). The first-order valence-corrected chi connectivity index (χ1v) is 6.70. The lowest BCUT2D eigenvalue weighted by molar-refractivity contribution is 0.102. The molecule has 1 heterocycles. The van der Waals surface area contributed by atoms with Gasteiger partial charge in [0.2, 0.25) is 0 Å². The third-order valence-electron chi connectivity index (χ3n) is 2.09. The predicted molar refractivity (Wildman–Crippen MR) is 79.0 cm³/mol. The highest BCUT2D eigenvalue weighted by molar-refractivity contribution is 14.1. The Bertz CT molecular complexity index is 545. The first-order valence-electron chi connectivity index (χ1n) is 4.83. The lowest BCUT2D eigenvalue weighted by Crippen LogP contribution is -2.12. The number of benzene rings is 1. The van der Waals surface area contributed by atoms with Gasteiger partial charge in [0.05, 0.1) is 17.4 Å². The predicted octanol–water partition coefficient (Wildman–Crippen LogP) is 3.70. The summed E-state index contributed by atoms with van der Waals surface area (Å²) in [5.41, 5.74) is 1.30. The molecule has 2 aromatic rings. The van der Waals surface area contributed by atoms with Crippen molar-refractivity contribution in [1.82, 2.24) is 4.98 Å². The Labute approximate surface area is 121 Å². The van der Waals surface area contributed by atoms with Gasteiger partial charge in [0.25, 0.3) is 5.91 Å². The topological polar surface area (TPSA) is 42.0 Å². The van der Waals surface area contributed by atoms with Gasteiger partial charge in [-0.3, -0.25) is 9.78 Å². The third kappa shape index (κ3) is 3.26. The molecule has 1 aromatic carbocycles. The molecule has 0 atom stereocenters. The molecule has 0 bridgehead atoms. The van der Waals surface area contributed by atoms with Crippen LogP contribution in [-0.2, 0) is 0 Å². The van der Waals surface area contributed by atoms with Gasteiger partial charge in [-0.1, -0.05) is 0 Å². The summed E-state index contributed by atoms with van der Waals surface area (Å²) >= 11 is 5.54. The van der Waals surface area contributed by atoms with Gasteiger partial charge in [-0.05, 0) is 68.9 Å². The molecule has 1 amide bonds. The fourth-order valence-electron chi connectivity index (χ4n) is 1.31. The van der Waals surface area contributed by atoms with Crippen LogP contribution in [0.15, 0.2) is 47.2 Å². The second-order valence-corrected chi connectivity index (χ2v) is 5.42. The van der Waals surface area contributed by atoms with Crippen LogP contribution in [0.5, 0.6) is 0 Å². The number of pyridine rings is 1. The minimum atomic E-state index is -0.150. The third-order valence-corrected chi connectivity index (χ3v) is 3.45. The average molecular weight is 403 g/mol. The summed E-state index contributed by atoms with van der Waals surface area (Å²) in [7, 11) is 0. The molecule has 2 rings (SSSR count). The van der Waals surface area contributed by atoms with Gasteiger partial charge < -0.3 is 5.32 Å². The van der Waals surface area contributed by atoms with Crippen LogP contribution in [0, 0.1) is 3.57 Å². The fourth-order valence-corrected chi connectivity index (χ4v) is 2.22. The maximum atomic E-state index is 12.0. The van der Waals surface area contributed by atoms with E-state index in [0.717, 1.165) is 8.04 Å². The van der Waals surface area contributed by atoms with Crippen LogP contribution in [-0.4, -0.2) is 10.9 Å². The monoisotopic (exact) mass is 402 g/mol. The van der Waals surface area contributed by atoms with E-state index in [1.807, 2.05) is 18.2 Å². The number of carbonyl (C=O) groups is 1. The van der Waals surface area contributed by atoms with Crippen LogP contribution < -0.4 is 5.32 Å². The van der Waals surface area contributed by atoms with Crippen molar-refractivity contribution in [3.05, 3.63) is 56.3 Å². The van der Waals surface area contributed by atoms with Crippen LogP contribution in [0.25, 0.3) is 0 Å². The van der Waals surface area contributed by atoms with Crippen molar-refractivity contribution in [3.8, 4) is 0 Å². The number of aromatic nitrogens is 1. The zero-order valence-corrected chi connectivity index (χ0v) is 12.4. The van der Waals surface area contributed by atoms with Crippen molar-refractivity contribution in [2.45, 2.75) is 0 Å². The molecule has 0 aliphatic rings. The van der Waals surface area contributed by atoms with Gasteiger partial charge >= 0.3 is 0 Å². The number of nitrogens with zero attached hydrogens (tertiary/aromatic N) is 1. The number of halogens is 2.